The number of hydrogen-bond acceptors (Lipinski definition) is 9. The van der Waals surface area contributed by atoms with Gasteiger partial charge >= 0.3 is 0 Å². The molecular formula is C26H18ClN5O5. The van der Waals surface area contributed by atoms with Crippen LogP contribution < -0.4 is 36.7 Å². The molecule has 10 nitrogen and oxygen atoms in total. The molecule has 11 heteroatoms. The van der Waals surface area contributed by atoms with E-state index in [2.05, 4.69) is 20.6 Å². The SMILES string of the molecule is COc1cc2nccc(Oc3ccc(Nc4c(Nc5cccnc5)c(=O)c4=O)c(Cl)c3)c2cc1C(N)=O. The van der Waals surface area contributed by atoms with Crippen molar-refractivity contribution in [2.75, 3.05) is 17.7 Å². The van der Waals surface area contributed by atoms with E-state index < -0.39 is 16.8 Å². The van der Waals surface area contributed by atoms with Gasteiger partial charge in [-0.05, 0) is 36.4 Å². The lowest BCUT2D eigenvalue weighted by Gasteiger charge is -2.16. The number of halogens is 1. The zero-order chi connectivity index (χ0) is 26.1. The molecule has 0 bridgehead atoms. The number of nitrogens with two attached hydrogens (primary N) is 1. The third kappa shape index (κ3) is 4.53. The molecule has 0 spiro atoms. The summed E-state index contributed by atoms with van der Waals surface area (Å²) in [5, 5.41) is 6.61. The van der Waals surface area contributed by atoms with Gasteiger partial charge in [0.25, 0.3) is 16.8 Å². The summed E-state index contributed by atoms with van der Waals surface area (Å²) in [6, 6.07) is 13.0. The number of rotatable bonds is 8. The number of aromatic nitrogens is 2. The molecule has 0 saturated carbocycles. The zero-order valence-electron chi connectivity index (χ0n) is 19.2. The van der Waals surface area contributed by atoms with Gasteiger partial charge in [-0.3, -0.25) is 24.4 Å². The molecule has 0 aliphatic carbocycles. The summed E-state index contributed by atoms with van der Waals surface area (Å²) in [6.07, 6.45) is 4.68. The maximum absolute atomic E-state index is 12.2. The number of ether oxygens (including phenoxy) is 2. The molecule has 0 atom stereocenters. The lowest BCUT2D eigenvalue weighted by molar-refractivity contribution is 0.0997. The fraction of sp³-hybridized carbons (Fsp3) is 0.0385. The van der Waals surface area contributed by atoms with Gasteiger partial charge in [-0.25, -0.2) is 0 Å². The van der Waals surface area contributed by atoms with E-state index in [0.29, 0.717) is 39.5 Å². The van der Waals surface area contributed by atoms with Gasteiger partial charge in [0.1, 0.15) is 28.6 Å². The van der Waals surface area contributed by atoms with Crippen LogP contribution in [0.25, 0.3) is 10.9 Å². The zero-order valence-corrected chi connectivity index (χ0v) is 20.0. The highest BCUT2D eigenvalue weighted by Crippen LogP contribution is 2.36. The Morgan fingerprint density at radius 2 is 1.76 bits per heavy atom. The number of hydrogen-bond donors (Lipinski definition) is 3. The summed E-state index contributed by atoms with van der Waals surface area (Å²) in [7, 11) is 1.44. The minimum atomic E-state index is -0.660. The number of amides is 1. The first-order chi connectivity index (χ1) is 17.9. The number of nitrogens with zero attached hydrogens (tertiary/aromatic N) is 2. The van der Waals surface area contributed by atoms with Crippen LogP contribution in [0.3, 0.4) is 0 Å². The Labute approximate surface area is 214 Å². The Hall–Kier alpha value is -4.96. The first-order valence-corrected chi connectivity index (χ1v) is 11.2. The van der Waals surface area contributed by atoms with Crippen LogP contribution in [-0.2, 0) is 0 Å². The highest BCUT2D eigenvalue weighted by molar-refractivity contribution is 6.33. The number of anilines is 4. The van der Waals surface area contributed by atoms with Crippen LogP contribution in [-0.4, -0.2) is 23.0 Å². The second-order valence-corrected chi connectivity index (χ2v) is 8.29. The summed E-state index contributed by atoms with van der Waals surface area (Å²) >= 11 is 6.46. The topological polar surface area (TPSA) is 146 Å². The average molecular weight is 516 g/mol. The standard InChI is InChI=1S/C26H18ClN5O5/c1-36-21-11-19-15(10-16(21)26(28)35)20(6-8-30-19)37-14-4-5-18(17(27)9-14)32-23-22(24(33)25(23)34)31-13-3-2-7-29-12-13/h2-12,31-32H,1H3,(H2,28,35). The fourth-order valence-corrected chi connectivity index (χ4v) is 3.95. The number of pyridine rings is 2. The molecule has 37 heavy (non-hydrogen) atoms. The van der Waals surface area contributed by atoms with Crippen molar-refractivity contribution >= 4 is 51.2 Å². The summed E-state index contributed by atoms with van der Waals surface area (Å²) in [5.41, 5.74) is 6.10. The van der Waals surface area contributed by atoms with Crippen molar-refractivity contribution in [3.63, 3.8) is 0 Å². The van der Waals surface area contributed by atoms with Crippen molar-refractivity contribution in [1.29, 1.82) is 0 Å². The average Bonchev–Trinajstić information content (AvgIpc) is 2.91. The van der Waals surface area contributed by atoms with Crippen LogP contribution in [0.2, 0.25) is 5.02 Å². The Morgan fingerprint density at radius 3 is 2.43 bits per heavy atom. The van der Waals surface area contributed by atoms with Gasteiger partial charge in [0.15, 0.2) is 0 Å². The van der Waals surface area contributed by atoms with E-state index >= 15 is 0 Å². The molecular weight excluding hydrogens is 498 g/mol. The minimum absolute atomic E-state index is 0.0949. The predicted octanol–water partition coefficient (Wildman–Crippen LogP) is 4.27. The van der Waals surface area contributed by atoms with Crippen molar-refractivity contribution < 1.29 is 14.3 Å². The number of benzene rings is 2. The quantitative estimate of drug-likeness (QED) is 0.258. The van der Waals surface area contributed by atoms with Crippen molar-refractivity contribution in [3.8, 4) is 17.2 Å². The van der Waals surface area contributed by atoms with Crippen LogP contribution >= 0.6 is 11.6 Å². The second-order valence-electron chi connectivity index (χ2n) is 7.89. The summed E-state index contributed by atoms with van der Waals surface area (Å²) in [4.78, 5) is 44.4. The lowest BCUT2D eigenvalue weighted by Crippen LogP contribution is -2.35. The van der Waals surface area contributed by atoms with Gasteiger partial charge < -0.3 is 25.8 Å². The predicted molar refractivity (Wildman–Crippen MR) is 140 cm³/mol. The lowest BCUT2D eigenvalue weighted by atomic mass is 10.1. The Balaban J connectivity index is 1.41. The normalized spacial score (nSPS) is 10.9. The maximum Gasteiger partial charge on any atom is 0.253 e. The number of carbonyl (C=O) groups is 1. The van der Waals surface area contributed by atoms with E-state index in [4.69, 9.17) is 26.8 Å². The smallest absolute Gasteiger partial charge is 0.253 e. The van der Waals surface area contributed by atoms with E-state index in [0.717, 1.165) is 0 Å². The van der Waals surface area contributed by atoms with Crippen LogP contribution in [0.15, 0.2) is 76.7 Å². The Bertz CT molecular complexity index is 1730. The first-order valence-electron chi connectivity index (χ1n) is 10.9. The third-order valence-electron chi connectivity index (χ3n) is 5.56. The molecule has 3 aromatic carbocycles. The van der Waals surface area contributed by atoms with Crippen molar-refractivity contribution in [1.82, 2.24) is 9.97 Å². The number of carbonyl (C=O) groups excluding carboxylic acids is 1. The Kier molecular flexibility index (Phi) is 6.16. The second kappa shape index (κ2) is 9.59. The monoisotopic (exact) mass is 515 g/mol. The summed E-state index contributed by atoms with van der Waals surface area (Å²) < 4.78 is 11.3. The van der Waals surface area contributed by atoms with Crippen molar-refractivity contribution in [2.24, 2.45) is 5.73 Å². The minimum Gasteiger partial charge on any atom is -0.496 e. The van der Waals surface area contributed by atoms with Gasteiger partial charge in [0, 0.05) is 29.9 Å². The van der Waals surface area contributed by atoms with Crippen LogP contribution in [0.5, 0.6) is 17.2 Å². The summed E-state index contributed by atoms with van der Waals surface area (Å²) in [6.45, 7) is 0. The maximum atomic E-state index is 12.2. The van der Waals surface area contributed by atoms with Gasteiger partial charge in [0.2, 0.25) is 0 Å². The van der Waals surface area contributed by atoms with Gasteiger partial charge in [-0.2, -0.15) is 0 Å². The van der Waals surface area contributed by atoms with Crippen molar-refractivity contribution in [2.45, 2.75) is 0 Å². The van der Waals surface area contributed by atoms with Gasteiger partial charge in [-0.15, -0.1) is 0 Å². The highest BCUT2D eigenvalue weighted by atomic mass is 35.5. The molecule has 0 unspecified atom stereocenters. The van der Waals surface area contributed by atoms with E-state index in [1.165, 1.54) is 13.3 Å². The third-order valence-corrected chi connectivity index (χ3v) is 5.87. The highest BCUT2D eigenvalue weighted by Gasteiger charge is 2.22. The van der Waals surface area contributed by atoms with Gasteiger partial charge in [-0.1, -0.05) is 11.6 Å². The summed E-state index contributed by atoms with van der Waals surface area (Å²) in [5.74, 6) is 0.456. The van der Waals surface area contributed by atoms with Crippen LogP contribution in [0, 0.1) is 0 Å². The van der Waals surface area contributed by atoms with Crippen LogP contribution in [0.4, 0.5) is 22.7 Å². The first kappa shape index (κ1) is 23.8. The molecule has 184 valence electrons. The molecule has 2 heterocycles. The number of methoxy groups -OCH3 is 1. The van der Waals surface area contributed by atoms with E-state index in [-0.39, 0.29) is 22.0 Å². The molecule has 5 aromatic rings. The number of primary amides is 1. The van der Waals surface area contributed by atoms with E-state index in [1.54, 1.807) is 60.9 Å². The van der Waals surface area contributed by atoms with E-state index in [1.807, 2.05) is 0 Å². The Morgan fingerprint density at radius 1 is 0.973 bits per heavy atom. The van der Waals surface area contributed by atoms with E-state index in [9.17, 15) is 14.4 Å². The number of fused-ring (bicyclic) bond motifs is 1. The molecule has 0 aliphatic rings. The largest absolute Gasteiger partial charge is 0.496 e. The molecule has 5 rings (SSSR count). The molecule has 2 aromatic heterocycles. The molecule has 1 amide bonds. The molecule has 4 N–H and O–H groups in total. The molecule has 0 aliphatic heterocycles. The number of nitrogens with one attached hydrogen (secondary N) is 2. The van der Waals surface area contributed by atoms with Crippen molar-refractivity contribution in [3.05, 3.63) is 98.2 Å². The molecule has 0 saturated heterocycles. The molecule has 0 radical (unpaired) electrons. The van der Waals surface area contributed by atoms with Crippen LogP contribution in [0.1, 0.15) is 10.4 Å². The molecule has 0 fully saturated rings. The fourth-order valence-electron chi connectivity index (χ4n) is 3.73. The van der Waals surface area contributed by atoms with Gasteiger partial charge in [0.05, 0.1) is 40.8 Å².